The normalized spacial score (nSPS) is 28.8. The van der Waals surface area contributed by atoms with Gasteiger partial charge in [-0.2, -0.15) is 0 Å². The highest BCUT2D eigenvalue weighted by atomic mass is 16.7. The van der Waals surface area contributed by atoms with E-state index >= 15 is 0 Å². The van der Waals surface area contributed by atoms with Gasteiger partial charge in [-0.1, -0.05) is 45.9 Å². The van der Waals surface area contributed by atoms with Gasteiger partial charge in [0.1, 0.15) is 13.6 Å². The van der Waals surface area contributed by atoms with Gasteiger partial charge in [-0.3, -0.25) is 0 Å². The van der Waals surface area contributed by atoms with Crippen LogP contribution < -0.4 is 0 Å². The molecule has 3 rings (SSSR count). The van der Waals surface area contributed by atoms with Gasteiger partial charge in [0.05, 0.1) is 51.8 Å². The summed E-state index contributed by atoms with van der Waals surface area (Å²) in [6.45, 7) is 17.8. The summed E-state index contributed by atoms with van der Waals surface area (Å²) in [5, 5.41) is 0. The van der Waals surface area contributed by atoms with Crippen molar-refractivity contribution in [1.29, 1.82) is 0 Å². The number of rotatable bonds is 18. The molecule has 0 N–H and O–H groups in total. The van der Waals surface area contributed by atoms with Crippen molar-refractivity contribution in [3.63, 3.8) is 0 Å². The van der Waals surface area contributed by atoms with Crippen LogP contribution in [-0.4, -0.2) is 46.6 Å². The predicted molar refractivity (Wildman–Crippen MR) is 158 cm³/mol. The van der Waals surface area contributed by atoms with Gasteiger partial charge in [0, 0.05) is 0 Å². The summed E-state index contributed by atoms with van der Waals surface area (Å²) in [6, 6.07) is 0. The molecule has 226 valence electrons. The summed E-state index contributed by atoms with van der Waals surface area (Å²) in [5.41, 5.74) is 0. The molecule has 3 saturated carbocycles. The van der Waals surface area contributed by atoms with E-state index in [4.69, 9.17) is 28.4 Å². The molecule has 6 nitrogen and oxygen atoms in total. The summed E-state index contributed by atoms with van der Waals surface area (Å²) in [4.78, 5) is 0. The summed E-state index contributed by atoms with van der Waals surface area (Å²) in [7, 11) is 0. The minimum absolute atomic E-state index is 0.325. The van der Waals surface area contributed by atoms with Gasteiger partial charge in [-0.05, 0) is 99.7 Å². The van der Waals surface area contributed by atoms with Crippen LogP contribution >= 0.6 is 0 Å². The molecule has 3 aliphatic rings. The Balaban J connectivity index is 0.000000370. The first-order chi connectivity index (χ1) is 19.2. The first kappa shape index (κ1) is 33.7. The molecule has 0 saturated heterocycles. The van der Waals surface area contributed by atoms with Crippen LogP contribution in [0.25, 0.3) is 0 Å². The third kappa shape index (κ3) is 15.8. The van der Waals surface area contributed by atoms with Crippen LogP contribution in [0.1, 0.15) is 90.4 Å². The second-order valence-corrected chi connectivity index (χ2v) is 11.7. The quantitative estimate of drug-likeness (QED) is 0.0973. The zero-order chi connectivity index (χ0) is 28.0. The molecule has 0 heterocycles. The molecule has 0 aromatic carbocycles. The Bertz CT molecular complexity index is 565. The minimum atomic E-state index is 0.325. The molecule has 0 unspecified atom stereocenters. The molecular weight excluding hydrogens is 492 g/mol. The fourth-order valence-corrected chi connectivity index (χ4v) is 6.13. The second kappa shape index (κ2) is 22.2. The molecule has 3 fully saturated rings. The van der Waals surface area contributed by atoms with Gasteiger partial charge in [0.25, 0.3) is 0 Å². The molecule has 39 heavy (non-hydrogen) atoms. The highest BCUT2D eigenvalue weighted by Gasteiger charge is 2.23. The highest BCUT2D eigenvalue weighted by Crippen LogP contribution is 2.31. The molecule has 0 bridgehead atoms. The Labute approximate surface area is 239 Å². The maximum atomic E-state index is 5.66. The van der Waals surface area contributed by atoms with E-state index in [2.05, 4.69) is 26.7 Å². The van der Waals surface area contributed by atoms with Gasteiger partial charge in [-0.25, -0.2) is 0 Å². The summed E-state index contributed by atoms with van der Waals surface area (Å²) < 4.78 is 32.6. The van der Waals surface area contributed by atoms with Gasteiger partial charge < -0.3 is 28.4 Å². The largest absolute Gasteiger partial charge is 0.502 e. The van der Waals surface area contributed by atoms with Crippen molar-refractivity contribution in [3.05, 3.63) is 38.5 Å². The Morgan fingerprint density at radius 1 is 0.436 bits per heavy atom. The van der Waals surface area contributed by atoms with E-state index in [-0.39, 0.29) is 0 Å². The Kier molecular flexibility index (Phi) is 19.2. The minimum Gasteiger partial charge on any atom is -0.502 e. The zero-order valence-electron chi connectivity index (χ0n) is 24.9. The summed E-state index contributed by atoms with van der Waals surface area (Å²) >= 11 is 0. The third-order valence-corrected chi connectivity index (χ3v) is 8.87. The van der Waals surface area contributed by atoms with Crippen LogP contribution in [0.5, 0.6) is 0 Å². The van der Waals surface area contributed by atoms with E-state index in [1.807, 2.05) is 0 Å². The first-order valence-corrected chi connectivity index (χ1v) is 15.6. The molecule has 3 aliphatic carbocycles. The number of ether oxygens (including phenoxy) is 6. The SMILES string of the molecule is C=COCC1CCC(CC)CC1.C=COCC1CCC(COCOCOCC2CCC(COC=C)CC2)CC1. The van der Waals surface area contributed by atoms with Gasteiger partial charge in [-0.15, -0.1) is 0 Å². The van der Waals surface area contributed by atoms with Gasteiger partial charge in [0.2, 0.25) is 0 Å². The van der Waals surface area contributed by atoms with Crippen LogP contribution in [0.3, 0.4) is 0 Å². The third-order valence-electron chi connectivity index (χ3n) is 8.87. The average molecular weight is 551 g/mol. The lowest BCUT2D eigenvalue weighted by molar-refractivity contribution is -0.143. The lowest BCUT2D eigenvalue weighted by Gasteiger charge is -2.28. The van der Waals surface area contributed by atoms with Gasteiger partial charge >= 0.3 is 0 Å². The standard InChI is InChI=1S/C22H38O5.C11H20O/c1-3-23-13-19-5-9-21(10-6-19)15-25-17-27-18-26-16-22-11-7-20(8-12-22)14-24-4-2;1-3-10-5-7-11(8-6-10)9-12-4-2/h3-4,19-22H,1-2,5-18H2;4,10-11H,2-3,5-9H2,1H3. The van der Waals surface area contributed by atoms with Crippen molar-refractivity contribution in [2.45, 2.75) is 90.4 Å². The van der Waals surface area contributed by atoms with Crippen molar-refractivity contribution < 1.29 is 28.4 Å². The Morgan fingerprint density at radius 3 is 1.00 bits per heavy atom. The second-order valence-electron chi connectivity index (χ2n) is 11.7. The average Bonchev–Trinajstić information content (AvgIpc) is 2.99. The smallest absolute Gasteiger partial charge is 0.149 e. The molecule has 0 aromatic rings. The van der Waals surface area contributed by atoms with E-state index in [0.29, 0.717) is 37.3 Å². The maximum absolute atomic E-state index is 5.66. The van der Waals surface area contributed by atoms with Crippen LogP contribution in [0.15, 0.2) is 38.5 Å². The van der Waals surface area contributed by atoms with Crippen molar-refractivity contribution in [1.82, 2.24) is 0 Å². The fourth-order valence-electron chi connectivity index (χ4n) is 6.13. The molecule has 0 aromatic heterocycles. The molecule has 0 aliphatic heterocycles. The van der Waals surface area contributed by atoms with Crippen LogP contribution in [0.4, 0.5) is 0 Å². The molecule has 0 radical (unpaired) electrons. The number of hydrogen-bond acceptors (Lipinski definition) is 6. The van der Waals surface area contributed by atoms with Crippen LogP contribution in [0.2, 0.25) is 0 Å². The molecule has 0 amide bonds. The fraction of sp³-hybridized carbons (Fsp3) is 0.818. The van der Waals surface area contributed by atoms with E-state index in [0.717, 1.165) is 44.9 Å². The first-order valence-electron chi connectivity index (χ1n) is 15.6. The molecule has 6 heteroatoms. The van der Waals surface area contributed by atoms with Crippen LogP contribution in [-0.2, 0) is 28.4 Å². The van der Waals surface area contributed by atoms with E-state index in [9.17, 15) is 0 Å². The highest BCUT2D eigenvalue weighted by molar-refractivity contribution is 4.74. The van der Waals surface area contributed by atoms with Crippen molar-refractivity contribution in [2.24, 2.45) is 35.5 Å². The van der Waals surface area contributed by atoms with Gasteiger partial charge in [0.15, 0.2) is 0 Å². The predicted octanol–water partition coefficient (Wildman–Crippen LogP) is 8.25. The number of hydrogen-bond donors (Lipinski definition) is 0. The van der Waals surface area contributed by atoms with Crippen molar-refractivity contribution >= 4 is 0 Å². The molecule has 0 atom stereocenters. The van der Waals surface area contributed by atoms with Crippen LogP contribution in [0, 0.1) is 35.5 Å². The van der Waals surface area contributed by atoms with Crippen molar-refractivity contribution in [3.8, 4) is 0 Å². The maximum Gasteiger partial charge on any atom is 0.149 e. The molecule has 0 spiro atoms. The van der Waals surface area contributed by atoms with Crippen molar-refractivity contribution in [2.75, 3.05) is 46.6 Å². The lowest BCUT2D eigenvalue weighted by atomic mass is 9.81. The Morgan fingerprint density at radius 2 is 0.718 bits per heavy atom. The van der Waals surface area contributed by atoms with E-state index in [1.165, 1.54) is 83.5 Å². The monoisotopic (exact) mass is 550 g/mol. The summed E-state index contributed by atoms with van der Waals surface area (Å²) in [5.74, 6) is 4.43. The lowest BCUT2D eigenvalue weighted by Crippen LogP contribution is -2.22. The summed E-state index contributed by atoms with van der Waals surface area (Å²) in [6.07, 6.45) is 21.2. The Hall–Kier alpha value is -1.50. The van der Waals surface area contributed by atoms with E-state index in [1.54, 1.807) is 18.8 Å². The molecular formula is C33H58O6. The van der Waals surface area contributed by atoms with E-state index < -0.39 is 0 Å². The topological polar surface area (TPSA) is 55.4 Å². The zero-order valence-corrected chi connectivity index (χ0v) is 24.9.